The SMILES string of the molecule is CNC(=O)C(CCC=O)N(C)Cc1c(C=O)cccc1OCCCCCCOc1ccnc2ccccc12. The average molecular weight is 520 g/mol. The maximum atomic E-state index is 12.4. The van der Waals surface area contributed by atoms with Gasteiger partial charge in [0.15, 0.2) is 6.29 Å². The van der Waals surface area contributed by atoms with E-state index in [1.807, 2.05) is 48.3 Å². The second-order valence-corrected chi connectivity index (χ2v) is 9.17. The Morgan fingerprint density at radius 3 is 2.42 bits per heavy atom. The molecule has 8 heteroatoms. The summed E-state index contributed by atoms with van der Waals surface area (Å²) >= 11 is 0. The van der Waals surface area contributed by atoms with Crippen LogP contribution < -0.4 is 14.8 Å². The minimum atomic E-state index is -0.481. The van der Waals surface area contributed by atoms with E-state index < -0.39 is 6.04 Å². The van der Waals surface area contributed by atoms with Crippen LogP contribution in [0.15, 0.2) is 54.7 Å². The molecular weight excluding hydrogens is 482 g/mol. The van der Waals surface area contributed by atoms with Crippen molar-refractivity contribution in [1.82, 2.24) is 15.2 Å². The Bertz CT molecular complexity index is 1190. The van der Waals surface area contributed by atoms with Crippen molar-refractivity contribution in [2.75, 3.05) is 27.3 Å². The topological polar surface area (TPSA) is 97.8 Å². The first-order valence-corrected chi connectivity index (χ1v) is 13.1. The summed E-state index contributed by atoms with van der Waals surface area (Å²) < 4.78 is 12.1. The molecule has 3 rings (SSSR count). The van der Waals surface area contributed by atoms with Crippen LogP contribution in [0.2, 0.25) is 0 Å². The number of amides is 1. The molecule has 1 aromatic heterocycles. The number of rotatable bonds is 17. The average Bonchev–Trinajstić information content (AvgIpc) is 2.95. The van der Waals surface area contributed by atoms with E-state index in [-0.39, 0.29) is 12.3 Å². The van der Waals surface area contributed by atoms with Crippen molar-refractivity contribution in [1.29, 1.82) is 0 Å². The molecule has 2 aromatic carbocycles. The van der Waals surface area contributed by atoms with Gasteiger partial charge in [0.25, 0.3) is 0 Å². The third kappa shape index (κ3) is 8.11. The monoisotopic (exact) mass is 519 g/mol. The molecule has 1 atom stereocenters. The molecule has 0 aliphatic rings. The molecule has 0 radical (unpaired) electrons. The molecule has 1 amide bonds. The highest BCUT2D eigenvalue weighted by molar-refractivity contribution is 5.84. The molecule has 3 aromatic rings. The lowest BCUT2D eigenvalue weighted by molar-refractivity contribution is -0.126. The van der Waals surface area contributed by atoms with Gasteiger partial charge in [-0.05, 0) is 63.4 Å². The standard InChI is InChI=1S/C30H37N3O5/c1-31-30(36)27(14-10-18-34)33(2)21-25-23(22-35)11-9-15-28(25)37-19-7-3-4-8-20-38-29-16-17-32-26-13-6-5-12-24(26)29/h5-6,9,11-13,15-18,22,27H,3-4,7-8,10,14,19-21H2,1-2H3,(H,31,36). The summed E-state index contributed by atoms with van der Waals surface area (Å²) in [5, 5.41) is 3.68. The third-order valence-electron chi connectivity index (χ3n) is 6.51. The van der Waals surface area contributed by atoms with Crippen LogP contribution in [0, 0.1) is 0 Å². The van der Waals surface area contributed by atoms with E-state index >= 15 is 0 Å². The van der Waals surface area contributed by atoms with Gasteiger partial charge in [0, 0.05) is 42.7 Å². The maximum absolute atomic E-state index is 12.4. The second-order valence-electron chi connectivity index (χ2n) is 9.17. The number of para-hydroxylation sites is 1. The molecule has 0 aliphatic heterocycles. The number of ether oxygens (including phenoxy) is 2. The van der Waals surface area contributed by atoms with Crippen LogP contribution >= 0.6 is 0 Å². The molecule has 202 valence electrons. The first kappa shape index (κ1) is 28.8. The van der Waals surface area contributed by atoms with Gasteiger partial charge in [0.05, 0.1) is 24.8 Å². The van der Waals surface area contributed by atoms with Crippen molar-refractivity contribution < 1.29 is 23.9 Å². The molecule has 0 bridgehead atoms. The third-order valence-corrected chi connectivity index (χ3v) is 6.51. The van der Waals surface area contributed by atoms with Gasteiger partial charge >= 0.3 is 0 Å². The molecule has 1 unspecified atom stereocenters. The predicted octanol–water partition coefficient (Wildman–Crippen LogP) is 4.59. The number of hydrogen-bond acceptors (Lipinski definition) is 7. The Hall–Kier alpha value is -3.78. The van der Waals surface area contributed by atoms with Crippen molar-refractivity contribution in [2.24, 2.45) is 0 Å². The van der Waals surface area contributed by atoms with Crippen LogP contribution in [0.1, 0.15) is 54.4 Å². The lowest BCUT2D eigenvalue weighted by Crippen LogP contribution is -2.43. The fourth-order valence-electron chi connectivity index (χ4n) is 4.42. The zero-order chi connectivity index (χ0) is 27.2. The molecule has 38 heavy (non-hydrogen) atoms. The summed E-state index contributed by atoms with van der Waals surface area (Å²) in [6.45, 7) is 1.52. The highest BCUT2D eigenvalue weighted by Crippen LogP contribution is 2.26. The number of likely N-dealkylation sites (N-methyl/N-ethyl adjacent to an activating group) is 2. The van der Waals surface area contributed by atoms with Crippen LogP contribution in [-0.2, 0) is 16.1 Å². The molecule has 0 spiro atoms. The first-order chi connectivity index (χ1) is 18.6. The summed E-state index contributed by atoms with van der Waals surface area (Å²) in [6, 6.07) is 14.8. The molecule has 0 fully saturated rings. The van der Waals surface area contributed by atoms with Gasteiger partial charge in [-0.15, -0.1) is 0 Å². The largest absolute Gasteiger partial charge is 0.493 e. The summed E-state index contributed by atoms with van der Waals surface area (Å²) in [5.74, 6) is 1.33. The number of carbonyl (C=O) groups is 3. The summed E-state index contributed by atoms with van der Waals surface area (Å²) in [7, 11) is 3.39. The zero-order valence-corrected chi connectivity index (χ0v) is 22.2. The Labute approximate surface area is 224 Å². The van der Waals surface area contributed by atoms with Gasteiger partial charge in [-0.3, -0.25) is 19.5 Å². The zero-order valence-electron chi connectivity index (χ0n) is 22.2. The van der Waals surface area contributed by atoms with Crippen molar-refractivity contribution in [2.45, 2.75) is 51.1 Å². The van der Waals surface area contributed by atoms with Crippen LogP contribution in [0.3, 0.4) is 0 Å². The molecule has 1 heterocycles. The summed E-state index contributed by atoms with van der Waals surface area (Å²) in [5.41, 5.74) is 2.20. The number of nitrogens with one attached hydrogen (secondary N) is 1. The lowest BCUT2D eigenvalue weighted by Gasteiger charge is -2.27. The van der Waals surface area contributed by atoms with E-state index in [0.717, 1.165) is 60.5 Å². The van der Waals surface area contributed by atoms with Crippen LogP contribution in [0.4, 0.5) is 0 Å². The summed E-state index contributed by atoms with van der Waals surface area (Å²) in [4.78, 5) is 41.2. The highest BCUT2D eigenvalue weighted by Gasteiger charge is 2.24. The number of unbranched alkanes of at least 4 members (excludes halogenated alkanes) is 3. The highest BCUT2D eigenvalue weighted by atomic mass is 16.5. The number of aldehydes is 2. The lowest BCUT2D eigenvalue weighted by atomic mass is 10.0. The Balaban J connectivity index is 1.47. The smallest absolute Gasteiger partial charge is 0.237 e. The van der Waals surface area contributed by atoms with Gasteiger partial charge in [0.2, 0.25) is 5.91 Å². The number of carbonyl (C=O) groups excluding carboxylic acids is 3. The minimum Gasteiger partial charge on any atom is -0.493 e. The van der Waals surface area contributed by atoms with Gasteiger partial charge in [-0.2, -0.15) is 0 Å². The van der Waals surface area contributed by atoms with Crippen molar-refractivity contribution >= 4 is 29.4 Å². The van der Waals surface area contributed by atoms with Gasteiger partial charge in [-0.1, -0.05) is 24.3 Å². The molecule has 0 saturated carbocycles. The van der Waals surface area contributed by atoms with E-state index in [1.54, 1.807) is 25.4 Å². The van der Waals surface area contributed by atoms with Crippen LogP contribution in [0.25, 0.3) is 10.9 Å². The second kappa shape index (κ2) is 15.5. The van der Waals surface area contributed by atoms with Gasteiger partial charge in [0.1, 0.15) is 17.8 Å². The number of aromatic nitrogens is 1. The number of benzene rings is 2. The number of pyridine rings is 1. The van der Waals surface area contributed by atoms with Gasteiger partial charge < -0.3 is 19.6 Å². The summed E-state index contributed by atoms with van der Waals surface area (Å²) in [6.07, 6.45) is 7.89. The van der Waals surface area contributed by atoms with E-state index in [4.69, 9.17) is 9.47 Å². The van der Waals surface area contributed by atoms with E-state index in [9.17, 15) is 14.4 Å². The molecule has 8 nitrogen and oxygen atoms in total. The fourth-order valence-corrected chi connectivity index (χ4v) is 4.42. The molecule has 1 N–H and O–H groups in total. The van der Waals surface area contributed by atoms with E-state index in [1.165, 1.54) is 0 Å². The van der Waals surface area contributed by atoms with Crippen LogP contribution in [0.5, 0.6) is 11.5 Å². The predicted molar refractivity (Wildman–Crippen MR) is 148 cm³/mol. The van der Waals surface area contributed by atoms with E-state index in [0.29, 0.717) is 37.5 Å². The Morgan fingerprint density at radius 1 is 0.974 bits per heavy atom. The first-order valence-electron chi connectivity index (χ1n) is 13.1. The van der Waals surface area contributed by atoms with Crippen molar-refractivity contribution in [3.05, 3.63) is 65.9 Å². The molecule has 0 saturated heterocycles. The maximum Gasteiger partial charge on any atom is 0.237 e. The quantitative estimate of drug-likeness (QED) is 0.206. The van der Waals surface area contributed by atoms with Crippen LogP contribution in [-0.4, -0.2) is 61.7 Å². The fraction of sp³-hybridized carbons (Fsp3) is 0.400. The Kier molecular flexibility index (Phi) is 11.7. The molecule has 0 aliphatic carbocycles. The van der Waals surface area contributed by atoms with Gasteiger partial charge in [-0.25, -0.2) is 0 Å². The number of nitrogens with zero attached hydrogens (tertiary/aromatic N) is 2. The Morgan fingerprint density at radius 2 is 1.71 bits per heavy atom. The van der Waals surface area contributed by atoms with E-state index in [2.05, 4.69) is 10.3 Å². The normalized spacial score (nSPS) is 11.8. The molecular formula is C30H37N3O5. The number of fused-ring (bicyclic) bond motifs is 1. The number of hydrogen-bond donors (Lipinski definition) is 1. The minimum absolute atomic E-state index is 0.165. The van der Waals surface area contributed by atoms with Crippen molar-refractivity contribution in [3.8, 4) is 11.5 Å². The van der Waals surface area contributed by atoms with Crippen molar-refractivity contribution in [3.63, 3.8) is 0 Å².